The average Bonchev–Trinajstić information content (AvgIpc) is 2.58. The van der Waals surface area contributed by atoms with Gasteiger partial charge in [-0.2, -0.15) is 0 Å². The van der Waals surface area contributed by atoms with Crippen molar-refractivity contribution in [3.63, 3.8) is 0 Å². The number of ether oxygens (including phenoxy) is 1. The van der Waals surface area contributed by atoms with Crippen molar-refractivity contribution in [3.8, 4) is 0 Å². The van der Waals surface area contributed by atoms with Crippen molar-refractivity contribution >= 4 is 23.3 Å². The maximum Gasteiger partial charge on any atom is 0.319 e. The minimum atomic E-state index is -0.610. The molecule has 0 aliphatic rings. The Hall–Kier alpha value is -2.08. The summed E-state index contributed by atoms with van der Waals surface area (Å²) in [6.45, 7) is 0.657. The fourth-order valence-corrected chi connectivity index (χ4v) is 2.53. The molecular formula is C18H21ClN2O3. The number of anilines is 1. The van der Waals surface area contributed by atoms with Gasteiger partial charge in [-0.3, -0.25) is 0 Å². The molecule has 0 aliphatic heterocycles. The topological polar surface area (TPSA) is 70.6 Å². The second kappa shape index (κ2) is 9.27. The summed E-state index contributed by atoms with van der Waals surface area (Å²) in [6, 6.07) is 14.3. The normalized spacial score (nSPS) is 11.8. The number of aliphatic hydroxyl groups excluding tert-OH is 1. The molecule has 0 bridgehead atoms. The van der Waals surface area contributed by atoms with E-state index in [0.717, 1.165) is 11.1 Å². The van der Waals surface area contributed by atoms with Crippen molar-refractivity contribution in [3.05, 3.63) is 64.7 Å². The van der Waals surface area contributed by atoms with Gasteiger partial charge >= 0.3 is 6.03 Å². The number of urea groups is 1. The molecule has 1 unspecified atom stereocenters. The molecule has 0 saturated carbocycles. The van der Waals surface area contributed by atoms with Crippen LogP contribution in [-0.2, 0) is 11.3 Å². The highest BCUT2D eigenvalue weighted by Gasteiger charge is 2.11. The lowest BCUT2D eigenvalue weighted by molar-refractivity contribution is 0.167. The standard InChI is InChI=1S/C18H21ClN2O3/c1-24-12-14-15(19)8-5-9-16(14)21-18(23)20-11-10-17(22)13-6-3-2-4-7-13/h2-9,17,22H,10-12H2,1H3,(H2,20,21,23). The van der Waals surface area contributed by atoms with Crippen LogP contribution in [-0.4, -0.2) is 24.8 Å². The second-order valence-electron chi connectivity index (χ2n) is 5.30. The first-order valence-electron chi connectivity index (χ1n) is 7.66. The maximum absolute atomic E-state index is 12.0. The minimum Gasteiger partial charge on any atom is -0.388 e. The van der Waals surface area contributed by atoms with E-state index in [4.69, 9.17) is 16.3 Å². The van der Waals surface area contributed by atoms with Crippen LogP contribution in [0.1, 0.15) is 23.7 Å². The summed E-state index contributed by atoms with van der Waals surface area (Å²) < 4.78 is 5.10. The molecule has 6 heteroatoms. The minimum absolute atomic E-state index is 0.308. The van der Waals surface area contributed by atoms with Crippen LogP contribution >= 0.6 is 11.6 Å². The molecule has 2 rings (SSSR count). The van der Waals surface area contributed by atoms with Gasteiger partial charge in [-0.15, -0.1) is 0 Å². The van der Waals surface area contributed by atoms with E-state index in [-0.39, 0.29) is 6.03 Å². The molecular weight excluding hydrogens is 328 g/mol. The quantitative estimate of drug-likeness (QED) is 0.714. The van der Waals surface area contributed by atoms with E-state index < -0.39 is 6.10 Å². The molecule has 2 aromatic rings. The number of benzene rings is 2. The Morgan fingerprint density at radius 1 is 1.21 bits per heavy atom. The Balaban J connectivity index is 1.85. The van der Waals surface area contributed by atoms with Crippen molar-refractivity contribution < 1.29 is 14.6 Å². The highest BCUT2D eigenvalue weighted by atomic mass is 35.5. The molecule has 0 aromatic heterocycles. The molecule has 0 heterocycles. The number of hydrogen-bond acceptors (Lipinski definition) is 3. The van der Waals surface area contributed by atoms with E-state index in [9.17, 15) is 9.90 Å². The third-order valence-corrected chi connectivity index (χ3v) is 3.90. The number of methoxy groups -OCH3 is 1. The van der Waals surface area contributed by atoms with Gasteiger partial charge in [-0.1, -0.05) is 48.0 Å². The SMILES string of the molecule is COCc1c(Cl)cccc1NC(=O)NCCC(O)c1ccccc1. The number of hydrogen-bond donors (Lipinski definition) is 3. The molecule has 5 nitrogen and oxygen atoms in total. The molecule has 0 aliphatic carbocycles. The first-order chi connectivity index (χ1) is 11.6. The Morgan fingerprint density at radius 2 is 1.96 bits per heavy atom. The Morgan fingerprint density at radius 3 is 2.67 bits per heavy atom. The third kappa shape index (κ3) is 5.23. The van der Waals surface area contributed by atoms with E-state index in [0.29, 0.717) is 30.3 Å². The lowest BCUT2D eigenvalue weighted by atomic mass is 10.1. The van der Waals surface area contributed by atoms with Crippen molar-refractivity contribution in [2.24, 2.45) is 0 Å². The summed E-state index contributed by atoms with van der Waals surface area (Å²) in [7, 11) is 1.57. The molecule has 0 spiro atoms. The van der Waals surface area contributed by atoms with Gasteiger partial charge in [0.2, 0.25) is 0 Å². The molecule has 3 N–H and O–H groups in total. The lowest BCUT2D eigenvalue weighted by Gasteiger charge is -2.14. The lowest BCUT2D eigenvalue weighted by Crippen LogP contribution is -2.30. The summed E-state index contributed by atoms with van der Waals surface area (Å²) in [5.74, 6) is 0. The molecule has 0 radical (unpaired) electrons. The molecule has 24 heavy (non-hydrogen) atoms. The van der Waals surface area contributed by atoms with Gasteiger partial charge in [0.15, 0.2) is 0 Å². The van der Waals surface area contributed by atoms with Crippen LogP contribution in [0.2, 0.25) is 5.02 Å². The molecule has 2 aromatic carbocycles. The number of carbonyl (C=O) groups excluding carboxylic acids is 1. The Kier molecular flexibility index (Phi) is 7.06. The predicted molar refractivity (Wildman–Crippen MR) is 95.2 cm³/mol. The first-order valence-corrected chi connectivity index (χ1v) is 8.03. The van der Waals surface area contributed by atoms with Crippen LogP contribution in [0.15, 0.2) is 48.5 Å². The van der Waals surface area contributed by atoms with Gasteiger partial charge in [-0.25, -0.2) is 4.79 Å². The molecule has 0 saturated heterocycles. The van der Waals surface area contributed by atoms with Crippen molar-refractivity contribution in [1.82, 2.24) is 5.32 Å². The van der Waals surface area contributed by atoms with Crippen LogP contribution in [0.3, 0.4) is 0 Å². The van der Waals surface area contributed by atoms with Gasteiger partial charge in [-0.05, 0) is 24.1 Å². The average molecular weight is 349 g/mol. The van der Waals surface area contributed by atoms with Gasteiger partial charge in [0.25, 0.3) is 0 Å². The van der Waals surface area contributed by atoms with Gasteiger partial charge in [0, 0.05) is 29.9 Å². The fourth-order valence-electron chi connectivity index (χ4n) is 2.30. The van der Waals surface area contributed by atoms with E-state index in [1.54, 1.807) is 25.3 Å². The third-order valence-electron chi connectivity index (χ3n) is 3.54. The zero-order valence-corrected chi connectivity index (χ0v) is 14.2. The summed E-state index contributed by atoms with van der Waals surface area (Å²) in [5, 5.41) is 16.1. The number of rotatable bonds is 7. The van der Waals surface area contributed by atoms with Crippen molar-refractivity contribution in [2.75, 3.05) is 19.0 Å². The summed E-state index contributed by atoms with van der Waals surface area (Å²) in [6.07, 6.45) is -0.181. The largest absolute Gasteiger partial charge is 0.388 e. The van der Waals surface area contributed by atoms with Crippen molar-refractivity contribution in [2.45, 2.75) is 19.1 Å². The van der Waals surface area contributed by atoms with E-state index in [1.165, 1.54) is 0 Å². The molecule has 2 amide bonds. The molecule has 0 fully saturated rings. The van der Waals surface area contributed by atoms with E-state index in [1.807, 2.05) is 30.3 Å². The second-order valence-corrected chi connectivity index (χ2v) is 5.70. The number of aliphatic hydroxyl groups is 1. The first kappa shape index (κ1) is 18.3. The Bertz CT molecular complexity index is 665. The zero-order chi connectivity index (χ0) is 17.4. The van der Waals surface area contributed by atoms with Crippen LogP contribution in [0.4, 0.5) is 10.5 Å². The maximum atomic E-state index is 12.0. The monoisotopic (exact) mass is 348 g/mol. The molecule has 1 atom stereocenters. The fraction of sp³-hybridized carbons (Fsp3) is 0.278. The van der Waals surface area contributed by atoms with Gasteiger partial charge in [0.1, 0.15) is 0 Å². The summed E-state index contributed by atoms with van der Waals surface area (Å²) in [4.78, 5) is 12.0. The number of amides is 2. The number of carbonyl (C=O) groups is 1. The smallest absolute Gasteiger partial charge is 0.319 e. The number of nitrogens with one attached hydrogen (secondary N) is 2. The highest BCUT2D eigenvalue weighted by Crippen LogP contribution is 2.25. The van der Waals surface area contributed by atoms with Crippen molar-refractivity contribution in [1.29, 1.82) is 0 Å². The van der Waals surface area contributed by atoms with E-state index in [2.05, 4.69) is 10.6 Å². The van der Waals surface area contributed by atoms with Crippen LogP contribution < -0.4 is 10.6 Å². The highest BCUT2D eigenvalue weighted by molar-refractivity contribution is 6.31. The van der Waals surface area contributed by atoms with Gasteiger partial charge < -0.3 is 20.5 Å². The zero-order valence-electron chi connectivity index (χ0n) is 13.5. The van der Waals surface area contributed by atoms with Crippen LogP contribution in [0.5, 0.6) is 0 Å². The van der Waals surface area contributed by atoms with E-state index >= 15 is 0 Å². The van der Waals surface area contributed by atoms with Crippen LogP contribution in [0, 0.1) is 0 Å². The molecule has 128 valence electrons. The summed E-state index contributed by atoms with van der Waals surface area (Å²) in [5.41, 5.74) is 2.16. The van der Waals surface area contributed by atoms with Crippen LogP contribution in [0.25, 0.3) is 0 Å². The predicted octanol–water partition coefficient (Wildman–Crippen LogP) is 3.73. The Labute approximate surface area is 146 Å². The van der Waals surface area contributed by atoms with Gasteiger partial charge in [0.05, 0.1) is 12.7 Å². The number of halogens is 1. The summed E-state index contributed by atoms with van der Waals surface area (Å²) >= 11 is 6.12.